The van der Waals surface area contributed by atoms with Crippen molar-refractivity contribution < 1.29 is 19.5 Å². The second-order valence-corrected chi connectivity index (χ2v) is 3.67. The van der Waals surface area contributed by atoms with Gasteiger partial charge in [0.1, 0.15) is 5.75 Å². The zero-order valence-corrected chi connectivity index (χ0v) is 9.85. The van der Waals surface area contributed by atoms with Crippen LogP contribution in [0.5, 0.6) is 5.75 Å². The van der Waals surface area contributed by atoms with Gasteiger partial charge in [0.25, 0.3) is 0 Å². The van der Waals surface area contributed by atoms with Crippen LogP contribution in [0.4, 0.5) is 0 Å². The van der Waals surface area contributed by atoms with Gasteiger partial charge in [-0.3, -0.25) is 0 Å². The Hall–Kier alpha value is -1.99. The fourth-order valence-corrected chi connectivity index (χ4v) is 1.55. The van der Waals surface area contributed by atoms with E-state index < -0.39 is 7.32 Å². The van der Waals surface area contributed by atoms with E-state index in [1.807, 2.05) is 24.3 Å². The summed E-state index contributed by atoms with van der Waals surface area (Å²) in [6.45, 7) is 0. The van der Waals surface area contributed by atoms with Crippen LogP contribution >= 0.6 is 0 Å². The average Bonchev–Trinajstić information content (AvgIpc) is 2.76. The lowest BCUT2D eigenvalue weighted by atomic mass is 10.1. The van der Waals surface area contributed by atoms with Gasteiger partial charge in [-0.2, -0.15) is 0 Å². The summed E-state index contributed by atoms with van der Waals surface area (Å²) in [5.41, 5.74) is 1.84. The van der Waals surface area contributed by atoms with E-state index in [0.717, 1.165) is 21.9 Å². The van der Waals surface area contributed by atoms with E-state index in [2.05, 4.69) is 9.85 Å². The summed E-state index contributed by atoms with van der Waals surface area (Å²) >= 11 is 0. The van der Waals surface area contributed by atoms with Crippen LogP contribution in [-0.4, -0.2) is 34.4 Å². The number of ether oxygens (including phenoxy) is 1. The Labute approximate surface area is 105 Å². The van der Waals surface area contributed by atoms with Gasteiger partial charge in [-0.15, -0.1) is 9.94 Å². The first-order valence-electron chi connectivity index (χ1n) is 5.38. The Morgan fingerprint density at radius 1 is 1.22 bits per heavy atom. The number of nitrogens with zero attached hydrogens (tertiary/aromatic N) is 2. The van der Waals surface area contributed by atoms with Crippen LogP contribution in [-0.2, 0) is 6.42 Å². The monoisotopic (exact) mass is 248 g/mol. The quantitative estimate of drug-likeness (QED) is 0.721. The van der Waals surface area contributed by atoms with E-state index in [0.29, 0.717) is 6.42 Å². The maximum absolute atomic E-state index is 8.62. The first-order valence-corrected chi connectivity index (χ1v) is 5.38. The second-order valence-electron chi connectivity index (χ2n) is 3.67. The molecule has 2 N–H and O–H groups in total. The average molecular weight is 248 g/mol. The third-order valence-electron chi connectivity index (χ3n) is 2.37. The lowest BCUT2D eigenvalue weighted by molar-refractivity contribution is 0.140. The molecule has 2 rings (SSSR count). The molecule has 0 fully saturated rings. The molecule has 0 atom stereocenters. The molecule has 0 unspecified atom stereocenters. The fraction of sp³-hybridized carbons (Fsp3) is 0.182. The molecule has 0 spiro atoms. The molecule has 0 saturated heterocycles. The summed E-state index contributed by atoms with van der Waals surface area (Å²) in [7, 11) is -0.257. The number of benzene rings is 1. The molecule has 7 heteroatoms. The highest BCUT2D eigenvalue weighted by atomic mass is 16.7. The van der Waals surface area contributed by atoms with Crippen LogP contribution < -0.4 is 9.49 Å². The lowest BCUT2D eigenvalue weighted by Gasteiger charge is -2.03. The fourth-order valence-electron chi connectivity index (χ4n) is 1.55. The van der Waals surface area contributed by atoms with Crippen LogP contribution in [0.3, 0.4) is 0 Å². The van der Waals surface area contributed by atoms with Gasteiger partial charge in [-0.25, -0.2) is 0 Å². The summed E-state index contributed by atoms with van der Waals surface area (Å²) in [6, 6.07) is 9.38. The molecule has 0 aliphatic carbocycles. The Morgan fingerprint density at radius 3 is 2.56 bits per heavy atom. The Balaban J connectivity index is 2.01. The number of hydrogen-bond donors (Lipinski definition) is 2. The topological polar surface area (TPSA) is 76.7 Å². The molecule has 0 amide bonds. The molecule has 0 saturated carbocycles. The highest BCUT2D eigenvalue weighted by Gasteiger charge is 2.12. The third kappa shape index (κ3) is 3.25. The van der Waals surface area contributed by atoms with Crippen LogP contribution in [0.25, 0.3) is 0 Å². The second kappa shape index (κ2) is 5.57. The highest BCUT2D eigenvalue weighted by Crippen LogP contribution is 2.13. The summed E-state index contributed by atoms with van der Waals surface area (Å²) < 4.78 is 9.64. The number of hydrogen-bond acceptors (Lipinski definition) is 5. The SMILES string of the molecule is COc1ccc(Cc2ccn(OB(O)O)n2)cc1. The van der Waals surface area contributed by atoms with Gasteiger partial charge >= 0.3 is 7.32 Å². The number of rotatable bonds is 5. The molecule has 0 bridgehead atoms. The van der Waals surface area contributed by atoms with Crippen LogP contribution in [0.1, 0.15) is 11.3 Å². The third-order valence-corrected chi connectivity index (χ3v) is 2.37. The van der Waals surface area contributed by atoms with Gasteiger partial charge in [0.15, 0.2) is 0 Å². The van der Waals surface area contributed by atoms with Gasteiger partial charge in [-0.05, 0) is 23.8 Å². The van der Waals surface area contributed by atoms with Crippen molar-refractivity contribution in [1.82, 2.24) is 9.94 Å². The predicted octanol–water partition coefficient (Wildman–Crippen LogP) is -0.119. The highest BCUT2D eigenvalue weighted by molar-refractivity contribution is 6.32. The molecule has 0 aliphatic rings. The minimum absolute atomic E-state index is 0.627. The normalized spacial score (nSPS) is 10.2. The van der Waals surface area contributed by atoms with E-state index in [9.17, 15) is 0 Å². The smallest absolute Gasteiger partial charge is 0.497 e. The van der Waals surface area contributed by atoms with E-state index in [1.54, 1.807) is 13.2 Å². The van der Waals surface area contributed by atoms with Crippen molar-refractivity contribution >= 4 is 7.32 Å². The van der Waals surface area contributed by atoms with Crippen molar-refractivity contribution in [1.29, 1.82) is 0 Å². The first kappa shape index (κ1) is 12.5. The molecule has 18 heavy (non-hydrogen) atoms. The summed E-state index contributed by atoms with van der Waals surface area (Å²) in [4.78, 5) is 1.02. The van der Waals surface area contributed by atoms with Crippen LogP contribution in [0.2, 0.25) is 0 Å². The van der Waals surface area contributed by atoms with Crippen molar-refractivity contribution in [3.05, 3.63) is 47.8 Å². The minimum atomic E-state index is -1.88. The standard InChI is InChI=1S/C11H13BN2O4/c1-17-11-4-2-9(3-5-11)8-10-6-7-14(13-10)18-12(15)16/h2-7,15-16H,8H2,1H3. The van der Waals surface area contributed by atoms with Gasteiger partial charge < -0.3 is 19.5 Å². The number of aromatic nitrogens is 2. The largest absolute Gasteiger partial charge is 0.729 e. The molecular weight excluding hydrogens is 235 g/mol. The van der Waals surface area contributed by atoms with Gasteiger partial charge in [0.05, 0.1) is 19.0 Å². The van der Waals surface area contributed by atoms with Crippen LogP contribution in [0.15, 0.2) is 36.5 Å². The Bertz CT molecular complexity index is 498. The molecule has 0 radical (unpaired) electrons. The molecule has 1 heterocycles. The molecular formula is C11H13BN2O4. The zero-order valence-electron chi connectivity index (χ0n) is 9.85. The lowest BCUT2D eigenvalue weighted by Crippen LogP contribution is -2.29. The first-order chi connectivity index (χ1) is 8.67. The van der Waals surface area contributed by atoms with E-state index >= 15 is 0 Å². The molecule has 1 aromatic heterocycles. The van der Waals surface area contributed by atoms with Crippen molar-refractivity contribution in [3.8, 4) is 5.75 Å². The molecule has 6 nitrogen and oxygen atoms in total. The predicted molar refractivity (Wildman–Crippen MR) is 64.8 cm³/mol. The maximum atomic E-state index is 8.62. The summed E-state index contributed by atoms with van der Waals surface area (Å²) in [6.07, 6.45) is 2.14. The zero-order chi connectivity index (χ0) is 13.0. The molecule has 2 aromatic rings. The van der Waals surface area contributed by atoms with Gasteiger partial charge in [0.2, 0.25) is 0 Å². The van der Waals surface area contributed by atoms with Crippen LogP contribution in [0, 0.1) is 0 Å². The molecule has 1 aromatic carbocycles. The van der Waals surface area contributed by atoms with Gasteiger partial charge in [-0.1, -0.05) is 12.1 Å². The summed E-state index contributed by atoms with van der Waals surface area (Å²) in [5, 5.41) is 21.3. The molecule has 0 aliphatic heterocycles. The number of methoxy groups -OCH3 is 1. The van der Waals surface area contributed by atoms with Crippen molar-refractivity contribution in [2.45, 2.75) is 6.42 Å². The van der Waals surface area contributed by atoms with Crippen molar-refractivity contribution in [2.24, 2.45) is 0 Å². The Kier molecular flexibility index (Phi) is 3.86. The van der Waals surface area contributed by atoms with E-state index in [-0.39, 0.29) is 0 Å². The van der Waals surface area contributed by atoms with E-state index in [1.165, 1.54) is 6.20 Å². The minimum Gasteiger partial charge on any atom is -0.497 e. The van der Waals surface area contributed by atoms with Crippen molar-refractivity contribution in [3.63, 3.8) is 0 Å². The van der Waals surface area contributed by atoms with Gasteiger partial charge in [0, 0.05) is 6.42 Å². The van der Waals surface area contributed by atoms with E-state index in [4.69, 9.17) is 14.8 Å². The molecule has 94 valence electrons. The Morgan fingerprint density at radius 2 is 1.94 bits per heavy atom. The maximum Gasteiger partial charge on any atom is 0.729 e. The summed E-state index contributed by atoms with van der Waals surface area (Å²) in [5.74, 6) is 0.802. The van der Waals surface area contributed by atoms with Crippen molar-refractivity contribution in [2.75, 3.05) is 7.11 Å².